The van der Waals surface area contributed by atoms with E-state index in [4.69, 9.17) is 4.84 Å². The molecule has 1 fully saturated rings. The number of phenols is 1. The van der Waals surface area contributed by atoms with E-state index >= 15 is 0 Å². The van der Waals surface area contributed by atoms with Crippen LogP contribution in [0.4, 0.5) is 0 Å². The van der Waals surface area contributed by atoms with Crippen molar-refractivity contribution < 1.29 is 24.6 Å². The Bertz CT molecular complexity index is 1350. The van der Waals surface area contributed by atoms with Gasteiger partial charge in [-0.2, -0.15) is 0 Å². The summed E-state index contributed by atoms with van der Waals surface area (Å²) in [6.07, 6.45) is -0.489. The van der Waals surface area contributed by atoms with E-state index < -0.39 is 12.1 Å². The number of aliphatic hydroxyl groups is 1. The Morgan fingerprint density at radius 2 is 1.87 bits per heavy atom. The van der Waals surface area contributed by atoms with Gasteiger partial charge < -0.3 is 25.3 Å². The lowest BCUT2D eigenvalue weighted by Crippen LogP contribution is -2.40. The van der Waals surface area contributed by atoms with Crippen molar-refractivity contribution >= 4 is 17.5 Å². The molecule has 3 aromatic carbocycles. The van der Waals surface area contributed by atoms with Gasteiger partial charge in [-0.1, -0.05) is 53.7 Å². The van der Waals surface area contributed by atoms with Gasteiger partial charge in [-0.05, 0) is 59.9 Å². The molecule has 1 heterocycles. The molecule has 8 nitrogen and oxygen atoms in total. The van der Waals surface area contributed by atoms with Gasteiger partial charge in [0.1, 0.15) is 12.9 Å². The maximum Gasteiger partial charge on any atom is 0.254 e. The summed E-state index contributed by atoms with van der Waals surface area (Å²) >= 11 is 0. The lowest BCUT2D eigenvalue weighted by molar-refractivity contribution is -0.122. The largest absolute Gasteiger partial charge is 0.508 e. The predicted octanol–water partition coefficient (Wildman–Crippen LogP) is 4.13. The van der Waals surface area contributed by atoms with Crippen molar-refractivity contribution in [2.75, 3.05) is 20.2 Å². The fourth-order valence-electron chi connectivity index (χ4n) is 4.86. The van der Waals surface area contributed by atoms with Gasteiger partial charge in [0.05, 0.1) is 18.4 Å². The number of hydrogen-bond acceptors (Lipinski definition) is 6. The number of aromatic hydroxyl groups is 1. The molecule has 1 aliphatic rings. The smallest absolute Gasteiger partial charge is 0.254 e. The van der Waals surface area contributed by atoms with Crippen molar-refractivity contribution in [1.82, 2.24) is 10.2 Å². The van der Waals surface area contributed by atoms with E-state index in [-0.39, 0.29) is 37.1 Å². The second-order valence-electron chi connectivity index (χ2n) is 9.59. The van der Waals surface area contributed by atoms with Crippen LogP contribution in [-0.2, 0) is 9.63 Å². The fraction of sp³-hybridized carbons (Fsp3) is 0.300. The Balaban J connectivity index is 1.47. The molecular formula is C30H33N3O5. The van der Waals surface area contributed by atoms with Crippen molar-refractivity contribution in [1.29, 1.82) is 0 Å². The molecule has 0 aromatic heterocycles. The van der Waals surface area contributed by atoms with Crippen molar-refractivity contribution in [3.05, 3.63) is 89.0 Å². The minimum Gasteiger partial charge on any atom is -0.508 e. The SMILES string of the molecule is CON=C1C[C@@H](CC(=O)NCC(O)c2cccc(O)c2)N(C(=O)c2ccc(-c3ccccc3C)cc2C)C1. The van der Waals surface area contributed by atoms with E-state index in [1.165, 1.54) is 19.2 Å². The van der Waals surface area contributed by atoms with Gasteiger partial charge in [0.25, 0.3) is 5.91 Å². The average Bonchev–Trinajstić information content (AvgIpc) is 3.29. The van der Waals surface area contributed by atoms with E-state index in [2.05, 4.69) is 29.5 Å². The van der Waals surface area contributed by atoms with Crippen LogP contribution in [-0.4, -0.2) is 58.9 Å². The number of benzene rings is 3. The minimum absolute atomic E-state index is 0.0125. The van der Waals surface area contributed by atoms with Crippen LogP contribution in [0, 0.1) is 13.8 Å². The van der Waals surface area contributed by atoms with Gasteiger partial charge in [-0.15, -0.1) is 0 Å². The number of nitrogens with zero attached hydrogens (tertiary/aromatic N) is 2. The molecule has 38 heavy (non-hydrogen) atoms. The number of phenolic OH excluding ortho intramolecular Hbond substituents is 1. The topological polar surface area (TPSA) is 111 Å². The highest BCUT2D eigenvalue weighted by Gasteiger charge is 2.35. The second kappa shape index (κ2) is 11.9. The number of rotatable bonds is 8. The summed E-state index contributed by atoms with van der Waals surface area (Å²) in [6, 6.07) is 19.8. The van der Waals surface area contributed by atoms with Gasteiger partial charge in [0.2, 0.25) is 5.91 Å². The first-order valence-electron chi connectivity index (χ1n) is 12.6. The van der Waals surface area contributed by atoms with Crippen LogP contribution in [0.2, 0.25) is 0 Å². The zero-order chi connectivity index (χ0) is 27.2. The highest BCUT2D eigenvalue weighted by atomic mass is 16.6. The molecule has 1 unspecified atom stereocenters. The third-order valence-corrected chi connectivity index (χ3v) is 6.83. The maximum absolute atomic E-state index is 13.6. The van der Waals surface area contributed by atoms with Crippen LogP contribution in [0.5, 0.6) is 5.75 Å². The molecule has 198 valence electrons. The number of amides is 2. The highest BCUT2D eigenvalue weighted by molar-refractivity contribution is 6.02. The second-order valence-corrected chi connectivity index (χ2v) is 9.59. The van der Waals surface area contributed by atoms with Crippen LogP contribution in [0.1, 0.15) is 46.0 Å². The number of likely N-dealkylation sites (tertiary alicyclic amines) is 1. The van der Waals surface area contributed by atoms with Crippen LogP contribution in [0.25, 0.3) is 11.1 Å². The molecule has 0 radical (unpaired) electrons. The summed E-state index contributed by atoms with van der Waals surface area (Å²) < 4.78 is 0. The molecule has 0 spiro atoms. The Morgan fingerprint density at radius 1 is 1.08 bits per heavy atom. The molecular weight excluding hydrogens is 482 g/mol. The van der Waals surface area contributed by atoms with E-state index in [0.29, 0.717) is 23.3 Å². The summed E-state index contributed by atoms with van der Waals surface area (Å²) in [4.78, 5) is 33.0. The van der Waals surface area contributed by atoms with Crippen molar-refractivity contribution in [2.24, 2.45) is 5.16 Å². The Labute approximate surface area is 222 Å². The molecule has 0 aliphatic carbocycles. The summed E-state index contributed by atoms with van der Waals surface area (Å²) in [5.41, 5.74) is 5.94. The minimum atomic E-state index is -0.965. The molecule has 2 amide bonds. The van der Waals surface area contributed by atoms with Crippen LogP contribution >= 0.6 is 0 Å². The number of carbonyl (C=O) groups is 2. The van der Waals surface area contributed by atoms with Gasteiger partial charge in [-0.25, -0.2) is 0 Å². The molecule has 8 heteroatoms. The molecule has 0 bridgehead atoms. The molecule has 4 rings (SSSR count). The summed E-state index contributed by atoms with van der Waals surface area (Å²) in [5.74, 6) is -0.421. The first-order valence-corrected chi connectivity index (χ1v) is 12.6. The zero-order valence-corrected chi connectivity index (χ0v) is 21.8. The van der Waals surface area contributed by atoms with E-state index in [0.717, 1.165) is 22.3 Å². The molecule has 2 atom stereocenters. The number of aryl methyl sites for hydroxylation is 2. The van der Waals surface area contributed by atoms with Gasteiger partial charge in [0.15, 0.2) is 0 Å². The number of oxime groups is 1. The molecule has 3 N–H and O–H groups in total. The van der Waals surface area contributed by atoms with Crippen molar-refractivity contribution in [3.8, 4) is 16.9 Å². The first-order chi connectivity index (χ1) is 18.3. The highest BCUT2D eigenvalue weighted by Crippen LogP contribution is 2.28. The maximum atomic E-state index is 13.6. The molecule has 1 aliphatic heterocycles. The third-order valence-electron chi connectivity index (χ3n) is 6.83. The van der Waals surface area contributed by atoms with E-state index in [1.807, 2.05) is 37.3 Å². The predicted molar refractivity (Wildman–Crippen MR) is 146 cm³/mol. The molecule has 1 saturated heterocycles. The Hall–Kier alpha value is -4.17. The number of nitrogens with one attached hydrogen (secondary N) is 1. The number of carbonyl (C=O) groups excluding carboxylic acids is 2. The first kappa shape index (κ1) is 26.9. The number of hydrogen-bond donors (Lipinski definition) is 3. The summed E-state index contributed by atoms with van der Waals surface area (Å²) in [6.45, 7) is 4.24. The lowest BCUT2D eigenvalue weighted by Gasteiger charge is -2.25. The fourth-order valence-corrected chi connectivity index (χ4v) is 4.86. The van der Waals surface area contributed by atoms with Crippen molar-refractivity contribution in [2.45, 2.75) is 38.8 Å². The van der Waals surface area contributed by atoms with Gasteiger partial charge in [0, 0.05) is 31.0 Å². The average molecular weight is 516 g/mol. The van der Waals surface area contributed by atoms with Crippen LogP contribution < -0.4 is 5.32 Å². The van der Waals surface area contributed by atoms with Gasteiger partial charge in [-0.3, -0.25) is 9.59 Å². The van der Waals surface area contributed by atoms with Crippen LogP contribution in [0.3, 0.4) is 0 Å². The molecule has 3 aromatic rings. The monoisotopic (exact) mass is 515 g/mol. The van der Waals surface area contributed by atoms with E-state index in [1.54, 1.807) is 17.0 Å². The quantitative estimate of drug-likeness (QED) is 0.391. The number of aliphatic hydroxyl groups excluding tert-OH is 1. The normalized spacial score (nSPS) is 16.9. The third kappa shape index (κ3) is 6.20. The summed E-state index contributed by atoms with van der Waals surface area (Å²) in [7, 11) is 1.45. The Morgan fingerprint density at radius 3 is 2.58 bits per heavy atom. The van der Waals surface area contributed by atoms with Gasteiger partial charge >= 0.3 is 0 Å². The lowest BCUT2D eigenvalue weighted by atomic mass is 9.96. The summed E-state index contributed by atoms with van der Waals surface area (Å²) in [5, 5.41) is 26.8. The Kier molecular flexibility index (Phi) is 8.43. The van der Waals surface area contributed by atoms with Crippen LogP contribution in [0.15, 0.2) is 71.9 Å². The van der Waals surface area contributed by atoms with E-state index in [9.17, 15) is 19.8 Å². The zero-order valence-electron chi connectivity index (χ0n) is 21.8. The van der Waals surface area contributed by atoms with Crippen molar-refractivity contribution in [3.63, 3.8) is 0 Å². The molecule has 0 saturated carbocycles. The standard InChI is InChI=1S/C30H33N3O5/c1-19-7-4-5-10-26(19)21-11-12-27(20(2)13-21)30(37)33-18-23(32-38-3)15-24(33)16-29(36)31-17-28(35)22-8-6-9-25(34)14-22/h4-14,24,28,34-35H,15-18H2,1-3H3,(H,31,36)/t24-,28?/m0/s1.